The van der Waals surface area contributed by atoms with Crippen molar-refractivity contribution in [2.45, 2.75) is 64.5 Å². The predicted molar refractivity (Wildman–Crippen MR) is 92.1 cm³/mol. The van der Waals surface area contributed by atoms with Crippen LogP contribution in [0, 0.1) is 5.92 Å². The molecule has 5 nitrogen and oxygen atoms in total. The van der Waals surface area contributed by atoms with E-state index in [0.717, 1.165) is 32.8 Å². The molecule has 0 spiro atoms. The first-order valence-corrected chi connectivity index (χ1v) is 9.03. The minimum absolute atomic E-state index is 0.482. The van der Waals surface area contributed by atoms with Crippen LogP contribution in [0.15, 0.2) is 4.99 Å². The molecule has 1 saturated heterocycles. The molecule has 0 aromatic carbocycles. The van der Waals surface area contributed by atoms with Gasteiger partial charge in [0.25, 0.3) is 0 Å². The van der Waals surface area contributed by atoms with Gasteiger partial charge in [-0.1, -0.05) is 33.1 Å². The summed E-state index contributed by atoms with van der Waals surface area (Å²) < 4.78 is 5.47. The summed E-state index contributed by atoms with van der Waals surface area (Å²) in [5, 5.41) is 3.41. The largest absolute Gasteiger partial charge is 0.379 e. The van der Waals surface area contributed by atoms with Gasteiger partial charge < -0.3 is 15.8 Å². The molecule has 1 saturated carbocycles. The third-order valence-corrected chi connectivity index (χ3v) is 4.74. The van der Waals surface area contributed by atoms with Crippen LogP contribution >= 0.6 is 0 Å². The number of nitrogens with one attached hydrogen (secondary N) is 1. The molecule has 1 atom stereocenters. The molecule has 128 valence electrons. The summed E-state index contributed by atoms with van der Waals surface area (Å²) in [4.78, 5) is 7.16. The molecule has 1 unspecified atom stereocenters. The summed E-state index contributed by atoms with van der Waals surface area (Å²) in [6.07, 6.45) is 7.62. The number of nitrogens with two attached hydrogens (primary N) is 1. The molecule has 2 fully saturated rings. The van der Waals surface area contributed by atoms with E-state index in [1.54, 1.807) is 0 Å². The Balaban J connectivity index is 1.83. The lowest BCUT2D eigenvalue weighted by Crippen LogP contribution is -2.46. The first-order chi connectivity index (χ1) is 10.6. The summed E-state index contributed by atoms with van der Waals surface area (Å²) in [6, 6.07) is 1.01. The normalized spacial score (nSPS) is 23.7. The quantitative estimate of drug-likeness (QED) is 0.581. The molecule has 0 amide bonds. The first kappa shape index (κ1) is 17.5. The van der Waals surface area contributed by atoms with Gasteiger partial charge in [0, 0.05) is 25.2 Å². The molecule has 5 heteroatoms. The highest BCUT2D eigenvalue weighted by atomic mass is 16.5. The number of nitrogens with zero attached hydrogens (tertiary/aromatic N) is 2. The number of hydrogen-bond acceptors (Lipinski definition) is 3. The van der Waals surface area contributed by atoms with Gasteiger partial charge in [0.05, 0.1) is 19.8 Å². The van der Waals surface area contributed by atoms with Crippen LogP contribution in [0.2, 0.25) is 0 Å². The van der Waals surface area contributed by atoms with Crippen LogP contribution < -0.4 is 11.1 Å². The monoisotopic (exact) mass is 310 g/mol. The highest BCUT2D eigenvalue weighted by Gasteiger charge is 2.22. The third kappa shape index (κ3) is 6.13. The van der Waals surface area contributed by atoms with Gasteiger partial charge in [-0.05, 0) is 25.2 Å². The molecular formula is C17H34N4O. The van der Waals surface area contributed by atoms with E-state index < -0.39 is 0 Å². The highest BCUT2D eigenvalue weighted by Crippen LogP contribution is 2.17. The molecule has 1 heterocycles. The molecule has 2 rings (SSSR count). The molecule has 0 aromatic heterocycles. The zero-order valence-electron chi connectivity index (χ0n) is 14.4. The fourth-order valence-electron chi connectivity index (χ4n) is 3.53. The van der Waals surface area contributed by atoms with E-state index in [1.165, 1.54) is 38.5 Å². The number of aliphatic imine (C=N–C) groups is 1. The van der Waals surface area contributed by atoms with Gasteiger partial charge in [0.1, 0.15) is 0 Å². The van der Waals surface area contributed by atoms with Crippen LogP contribution in [-0.4, -0.2) is 55.8 Å². The van der Waals surface area contributed by atoms with E-state index in [4.69, 9.17) is 10.5 Å². The van der Waals surface area contributed by atoms with Crippen molar-refractivity contribution in [3.63, 3.8) is 0 Å². The van der Waals surface area contributed by atoms with Crippen molar-refractivity contribution in [2.75, 3.05) is 32.8 Å². The van der Waals surface area contributed by atoms with Gasteiger partial charge in [0.2, 0.25) is 0 Å². The van der Waals surface area contributed by atoms with Crippen LogP contribution in [0.3, 0.4) is 0 Å². The third-order valence-electron chi connectivity index (χ3n) is 4.74. The second kappa shape index (κ2) is 9.36. The van der Waals surface area contributed by atoms with Crippen LogP contribution in [-0.2, 0) is 4.74 Å². The minimum Gasteiger partial charge on any atom is -0.379 e. The maximum atomic E-state index is 6.11. The Labute approximate surface area is 135 Å². The predicted octanol–water partition coefficient (Wildman–Crippen LogP) is 1.97. The Morgan fingerprint density at radius 2 is 1.91 bits per heavy atom. The Bertz CT molecular complexity index is 334. The first-order valence-electron chi connectivity index (χ1n) is 9.03. The van der Waals surface area contributed by atoms with E-state index in [1.807, 2.05) is 0 Å². The smallest absolute Gasteiger partial charge is 0.188 e. The van der Waals surface area contributed by atoms with Crippen LogP contribution in [0.5, 0.6) is 0 Å². The van der Waals surface area contributed by atoms with Gasteiger partial charge >= 0.3 is 0 Å². The lowest BCUT2D eigenvalue weighted by atomic mass is 9.96. The second-order valence-electron chi connectivity index (χ2n) is 7.14. The van der Waals surface area contributed by atoms with E-state index in [0.29, 0.717) is 24.0 Å². The van der Waals surface area contributed by atoms with Crippen LogP contribution in [0.4, 0.5) is 0 Å². The Morgan fingerprint density at radius 3 is 2.55 bits per heavy atom. The van der Waals surface area contributed by atoms with Crippen molar-refractivity contribution in [1.82, 2.24) is 10.2 Å². The summed E-state index contributed by atoms with van der Waals surface area (Å²) in [6.45, 7) is 9.07. The van der Waals surface area contributed by atoms with Crippen molar-refractivity contribution in [3.8, 4) is 0 Å². The fourth-order valence-corrected chi connectivity index (χ4v) is 3.53. The van der Waals surface area contributed by atoms with Gasteiger partial charge in [-0.3, -0.25) is 9.89 Å². The average Bonchev–Trinajstić information content (AvgIpc) is 2.53. The average molecular weight is 310 g/mol. The lowest BCUT2D eigenvalue weighted by Gasteiger charge is -2.34. The molecule has 1 aliphatic carbocycles. The zero-order chi connectivity index (χ0) is 15.8. The maximum absolute atomic E-state index is 6.11. The van der Waals surface area contributed by atoms with Crippen LogP contribution in [0.25, 0.3) is 0 Å². The molecule has 22 heavy (non-hydrogen) atoms. The molecule has 1 aliphatic heterocycles. The number of ether oxygens (including phenoxy) is 1. The Hall–Kier alpha value is -0.810. The number of hydrogen-bond donors (Lipinski definition) is 2. The molecule has 0 bridgehead atoms. The lowest BCUT2D eigenvalue weighted by molar-refractivity contribution is 0.0143. The van der Waals surface area contributed by atoms with Crippen molar-refractivity contribution >= 4 is 5.96 Å². The Kier molecular flexibility index (Phi) is 7.46. The van der Waals surface area contributed by atoms with Gasteiger partial charge in [-0.25, -0.2) is 0 Å². The fraction of sp³-hybridized carbons (Fsp3) is 0.941. The standard InChI is InChI=1S/C17H34N4O/c1-14(2)12-16(21-8-10-22-11-9-21)13-19-17(18)20-15-6-4-3-5-7-15/h14-16H,3-13H2,1-2H3,(H3,18,19,20). The summed E-state index contributed by atoms with van der Waals surface area (Å²) in [7, 11) is 0. The van der Waals surface area contributed by atoms with Gasteiger partial charge in [-0.2, -0.15) is 0 Å². The second-order valence-corrected chi connectivity index (χ2v) is 7.14. The number of guanidine groups is 1. The van der Waals surface area contributed by atoms with E-state index in [9.17, 15) is 0 Å². The van der Waals surface area contributed by atoms with E-state index in [-0.39, 0.29) is 0 Å². The Morgan fingerprint density at radius 1 is 1.23 bits per heavy atom. The molecule has 3 N–H and O–H groups in total. The van der Waals surface area contributed by atoms with Crippen molar-refractivity contribution in [2.24, 2.45) is 16.6 Å². The number of rotatable bonds is 6. The van der Waals surface area contributed by atoms with Gasteiger partial charge in [-0.15, -0.1) is 0 Å². The van der Waals surface area contributed by atoms with Crippen molar-refractivity contribution in [3.05, 3.63) is 0 Å². The molecule has 0 aromatic rings. The summed E-state index contributed by atoms with van der Waals surface area (Å²) in [5.41, 5.74) is 6.11. The van der Waals surface area contributed by atoms with Gasteiger partial charge in [0.15, 0.2) is 5.96 Å². The molecule has 2 aliphatic rings. The van der Waals surface area contributed by atoms with Crippen molar-refractivity contribution in [1.29, 1.82) is 0 Å². The topological polar surface area (TPSA) is 62.9 Å². The van der Waals surface area contributed by atoms with E-state index >= 15 is 0 Å². The summed E-state index contributed by atoms with van der Waals surface area (Å²) in [5.74, 6) is 1.31. The number of morpholine rings is 1. The van der Waals surface area contributed by atoms with Crippen molar-refractivity contribution < 1.29 is 4.74 Å². The van der Waals surface area contributed by atoms with Crippen LogP contribution in [0.1, 0.15) is 52.4 Å². The minimum atomic E-state index is 0.482. The highest BCUT2D eigenvalue weighted by molar-refractivity contribution is 5.78. The SMILES string of the molecule is CC(C)CC(CN=C(N)NC1CCCCC1)N1CCOCC1. The zero-order valence-corrected chi connectivity index (χ0v) is 14.4. The summed E-state index contributed by atoms with van der Waals surface area (Å²) >= 11 is 0. The molecule has 0 radical (unpaired) electrons. The maximum Gasteiger partial charge on any atom is 0.188 e. The molecular weight excluding hydrogens is 276 g/mol. The van der Waals surface area contributed by atoms with E-state index in [2.05, 4.69) is 29.1 Å².